The standard InChI is InChI=1S/C23H28O5/c1-3-24-21-19(16-11-7-5-8-12-16)27-18-15-26-23(17-13-9-6-10-14-17)28-20(18)22(21)25-4-2/h5-14,18-23H,3-4,15H2,1-2H3/t18-,19-,20-,21+,22+,23-/m1/s1. The molecule has 0 saturated carbocycles. The third-order valence-electron chi connectivity index (χ3n) is 5.24. The third kappa shape index (κ3) is 4.00. The van der Waals surface area contributed by atoms with Gasteiger partial charge in [-0.3, -0.25) is 0 Å². The zero-order valence-corrected chi connectivity index (χ0v) is 16.4. The maximum atomic E-state index is 6.45. The molecule has 4 rings (SSSR count). The van der Waals surface area contributed by atoms with E-state index in [0.717, 1.165) is 11.1 Å². The zero-order valence-electron chi connectivity index (χ0n) is 16.4. The maximum absolute atomic E-state index is 6.45. The van der Waals surface area contributed by atoms with Crippen molar-refractivity contribution in [3.8, 4) is 0 Å². The van der Waals surface area contributed by atoms with Crippen LogP contribution in [0.2, 0.25) is 0 Å². The molecule has 2 saturated heterocycles. The normalized spacial score (nSPS) is 32.6. The summed E-state index contributed by atoms with van der Waals surface area (Å²) in [5.41, 5.74) is 2.07. The first kappa shape index (κ1) is 19.6. The van der Waals surface area contributed by atoms with Crippen LogP contribution in [0.4, 0.5) is 0 Å². The second-order valence-corrected chi connectivity index (χ2v) is 7.02. The Morgan fingerprint density at radius 3 is 2.04 bits per heavy atom. The molecule has 0 spiro atoms. The van der Waals surface area contributed by atoms with Gasteiger partial charge < -0.3 is 23.7 Å². The van der Waals surface area contributed by atoms with Crippen LogP contribution in [-0.4, -0.2) is 44.2 Å². The molecule has 0 aliphatic carbocycles. The van der Waals surface area contributed by atoms with E-state index in [4.69, 9.17) is 23.7 Å². The lowest BCUT2D eigenvalue weighted by atomic mass is 9.90. The Kier molecular flexibility index (Phi) is 6.40. The fraction of sp³-hybridized carbons (Fsp3) is 0.478. The van der Waals surface area contributed by atoms with Gasteiger partial charge in [-0.2, -0.15) is 0 Å². The second-order valence-electron chi connectivity index (χ2n) is 7.02. The van der Waals surface area contributed by atoms with Crippen LogP contribution < -0.4 is 0 Å². The van der Waals surface area contributed by atoms with E-state index in [0.29, 0.717) is 19.8 Å². The summed E-state index contributed by atoms with van der Waals surface area (Å²) in [6.45, 7) is 5.61. The Morgan fingerprint density at radius 1 is 0.786 bits per heavy atom. The molecule has 5 heteroatoms. The monoisotopic (exact) mass is 384 g/mol. The quantitative estimate of drug-likeness (QED) is 0.752. The van der Waals surface area contributed by atoms with E-state index >= 15 is 0 Å². The molecule has 150 valence electrons. The van der Waals surface area contributed by atoms with E-state index in [1.54, 1.807) is 0 Å². The van der Waals surface area contributed by atoms with Crippen LogP contribution in [-0.2, 0) is 23.7 Å². The van der Waals surface area contributed by atoms with Gasteiger partial charge in [0.05, 0.1) is 6.61 Å². The minimum absolute atomic E-state index is 0.210. The Balaban J connectivity index is 1.61. The van der Waals surface area contributed by atoms with Crippen molar-refractivity contribution in [2.24, 2.45) is 0 Å². The molecular formula is C23H28O5. The SMILES string of the molecule is CCO[C@@H]1[C@@H](OCC)[C@@H](c2ccccc2)O[C@@H]2CO[C@@H](c3ccccc3)O[C@@H]12. The predicted molar refractivity (Wildman–Crippen MR) is 105 cm³/mol. The Bertz CT molecular complexity index is 722. The average Bonchev–Trinajstić information content (AvgIpc) is 2.76. The van der Waals surface area contributed by atoms with Gasteiger partial charge in [0, 0.05) is 18.8 Å². The summed E-state index contributed by atoms with van der Waals surface area (Å²) in [7, 11) is 0. The van der Waals surface area contributed by atoms with Crippen LogP contribution in [0.15, 0.2) is 60.7 Å². The lowest BCUT2D eigenvalue weighted by Gasteiger charge is -2.49. The summed E-state index contributed by atoms with van der Waals surface area (Å²) in [4.78, 5) is 0. The molecular weight excluding hydrogens is 356 g/mol. The number of ether oxygens (including phenoxy) is 5. The van der Waals surface area contributed by atoms with Crippen molar-refractivity contribution >= 4 is 0 Å². The van der Waals surface area contributed by atoms with E-state index in [-0.39, 0.29) is 30.5 Å². The Labute approximate surface area is 166 Å². The van der Waals surface area contributed by atoms with E-state index in [1.807, 2.05) is 62.4 Å². The van der Waals surface area contributed by atoms with Gasteiger partial charge in [-0.1, -0.05) is 60.7 Å². The summed E-state index contributed by atoms with van der Waals surface area (Å²) in [6.07, 6.45) is -1.59. The fourth-order valence-corrected chi connectivity index (χ4v) is 4.03. The number of benzene rings is 2. The lowest BCUT2D eigenvalue weighted by molar-refractivity contribution is -0.338. The Hall–Kier alpha value is -1.76. The molecule has 5 nitrogen and oxygen atoms in total. The van der Waals surface area contributed by atoms with Gasteiger partial charge in [-0.05, 0) is 19.4 Å². The first-order valence-corrected chi connectivity index (χ1v) is 10.1. The summed E-state index contributed by atoms with van der Waals surface area (Å²) in [5, 5.41) is 0. The highest BCUT2D eigenvalue weighted by molar-refractivity contribution is 5.21. The summed E-state index contributed by atoms with van der Waals surface area (Å²) in [6, 6.07) is 20.1. The van der Waals surface area contributed by atoms with E-state index in [9.17, 15) is 0 Å². The van der Waals surface area contributed by atoms with E-state index in [2.05, 4.69) is 12.1 Å². The zero-order chi connectivity index (χ0) is 19.3. The van der Waals surface area contributed by atoms with Crippen LogP contribution in [0.25, 0.3) is 0 Å². The smallest absolute Gasteiger partial charge is 0.184 e. The van der Waals surface area contributed by atoms with Crippen LogP contribution in [0.3, 0.4) is 0 Å². The van der Waals surface area contributed by atoms with Gasteiger partial charge >= 0.3 is 0 Å². The van der Waals surface area contributed by atoms with Crippen molar-refractivity contribution in [3.63, 3.8) is 0 Å². The maximum Gasteiger partial charge on any atom is 0.184 e. The van der Waals surface area contributed by atoms with Gasteiger partial charge in [0.2, 0.25) is 0 Å². The largest absolute Gasteiger partial charge is 0.373 e. The number of hydrogen-bond acceptors (Lipinski definition) is 5. The lowest BCUT2D eigenvalue weighted by Crippen LogP contribution is -2.60. The molecule has 0 bridgehead atoms. The molecule has 2 aliphatic heterocycles. The predicted octanol–water partition coefficient (Wildman–Crippen LogP) is 4.05. The minimum atomic E-state index is -0.426. The summed E-state index contributed by atoms with van der Waals surface area (Å²) < 4.78 is 31.1. The van der Waals surface area contributed by atoms with Crippen LogP contribution in [0.1, 0.15) is 37.4 Å². The molecule has 2 aliphatic rings. The van der Waals surface area contributed by atoms with Crippen LogP contribution in [0.5, 0.6) is 0 Å². The summed E-state index contributed by atoms with van der Waals surface area (Å²) >= 11 is 0. The molecule has 0 amide bonds. The van der Waals surface area contributed by atoms with Crippen molar-refractivity contribution in [3.05, 3.63) is 71.8 Å². The molecule has 0 N–H and O–H groups in total. The van der Waals surface area contributed by atoms with Crippen molar-refractivity contribution in [1.82, 2.24) is 0 Å². The number of hydrogen-bond donors (Lipinski definition) is 0. The summed E-state index contributed by atoms with van der Waals surface area (Å²) in [5.74, 6) is 0. The van der Waals surface area contributed by atoms with Gasteiger partial charge in [-0.15, -0.1) is 0 Å². The topological polar surface area (TPSA) is 46.2 Å². The van der Waals surface area contributed by atoms with Gasteiger partial charge in [0.1, 0.15) is 30.5 Å². The second kappa shape index (κ2) is 9.16. The molecule has 28 heavy (non-hydrogen) atoms. The molecule has 0 unspecified atom stereocenters. The van der Waals surface area contributed by atoms with E-state index < -0.39 is 6.29 Å². The first-order valence-electron chi connectivity index (χ1n) is 10.1. The molecule has 0 radical (unpaired) electrons. The van der Waals surface area contributed by atoms with Crippen molar-refractivity contribution in [2.45, 2.75) is 50.7 Å². The van der Waals surface area contributed by atoms with Gasteiger partial charge in [-0.25, -0.2) is 0 Å². The van der Waals surface area contributed by atoms with Gasteiger partial charge in [0.25, 0.3) is 0 Å². The average molecular weight is 384 g/mol. The Morgan fingerprint density at radius 2 is 1.39 bits per heavy atom. The number of rotatable bonds is 6. The van der Waals surface area contributed by atoms with Crippen molar-refractivity contribution in [2.75, 3.05) is 19.8 Å². The van der Waals surface area contributed by atoms with Crippen molar-refractivity contribution in [1.29, 1.82) is 0 Å². The molecule has 6 atom stereocenters. The highest BCUT2D eigenvalue weighted by atomic mass is 16.7. The van der Waals surface area contributed by atoms with E-state index in [1.165, 1.54) is 0 Å². The molecule has 2 heterocycles. The highest BCUT2D eigenvalue weighted by Crippen LogP contribution is 2.41. The first-order chi connectivity index (χ1) is 13.8. The van der Waals surface area contributed by atoms with Crippen molar-refractivity contribution < 1.29 is 23.7 Å². The highest BCUT2D eigenvalue weighted by Gasteiger charge is 2.51. The van der Waals surface area contributed by atoms with Gasteiger partial charge in [0.15, 0.2) is 6.29 Å². The molecule has 0 aromatic heterocycles. The minimum Gasteiger partial charge on any atom is -0.373 e. The number of fused-ring (bicyclic) bond motifs is 1. The third-order valence-corrected chi connectivity index (χ3v) is 5.24. The van der Waals surface area contributed by atoms with Crippen LogP contribution >= 0.6 is 0 Å². The molecule has 2 fully saturated rings. The molecule has 2 aromatic carbocycles. The van der Waals surface area contributed by atoms with Crippen LogP contribution in [0, 0.1) is 0 Å². The fourth-order valence-electron chi connectivity index (χ4n) is 4.03. The molecule has 2 aromatic rings.